The van der Waals surface area contributed by atoms with Crippen LogP contribution in [0.5, 0.6) is 5.75 Å². The highest BCUT2D eigenvalue weighted by Gasteiger charge is 2.02. The fourth-order valence-electron chi connectivity index (χ4n) is 2.75. The largest absolute Gasteiger partial charge is 0.494 e. The van der Waals surface area contributed by atoms with Gasteiger partial charge in [-0.25, -0.2) is 4.79 Å². The number of aromatic carboxylic acids is 1. The Labute approximate surface area is 161 Å². The van der Waals surface area contributed by atoms with Gasteiger partial charge in [-0.2, -0.15) is 0 Å². The lowest BCUT2D eigenvalue weighted by Crippen LogP contribution is -2.24. The molecule has 150 valence electrons. The summed E-state index contributed by atoms with van der Waals surface area (Å²) in [7, 11) is 0. The molecular formula is C21H31NO5. The highest BCUT2D eigenvalue weighted by molar-refractivity contribution is 5.87. The number of rotatable bonds is 16. The van der Waals surface area contributed by atoms with Crippen molar-refractivity contribution in [3.63, 3.8) is 0 Å². The molecule has 0 unspecified atom stereocenters. The van der Waals surface area contributed by atoms with E-state index in [1.54, 1.807) is 24.3 Å². The second-order valence-electron chi connectivity index (χ2n) is 6.58. The van der Waals surface area contributed by atoms with Gasteiger partial charge in [0, 0.05) is 6.42 Å². The van der Waals surface area contributed by atoms with Gasteiger partial charge in [0.1, 0.15) is 12.0 Å². The first-order valence-electron chi connectivity index (χ1n) is 9.80. The molecule has 1 amide bonds. The Bertz CT molecular complexity index is 556. The van der Waals surface area contributed by atoms with Crippen LogP contribution in [0, 0.1) is 0 Å². The predicted octanol–water partition coefficient (Wildman–Crippen LogP) is 3.98. The predicted molar refractivity (Wildman–Crippen MR) is 104 cm³/mol. The number of carbonyl (C=O) groups excluding carboxylic acids is 2. The van der Waals surface area contributed by atoms with Crippen molar-refractivity contribution in [1.82, 2.24) is 5.32 Å². The molecule has 6 nitrogen and oxygen atoms in total. The monoisotopic (exact) mass is 377 g/mol. The minimum Gasteiger partial charge on any atom is -0.494 e. The zero-order chi connectivity index (χ0) is 19.7. The minimum absolute atomic E-state index is 0.0397. The van der Waals surface area contributed by atoms with Gasteiger partial charge < -0.3 is 20.0 Å². The summed E-state index contributed by atoms with van der Waals surface area (Å²) < 4.78 is 5.61. The van der Waals surface area contributed by atoms with Crippen molar-refractivity contribution in [2.45, 2.75) is 64.2 Å². The number of carboxylic acids is 1. The lowest BCUT2D eigenvalue weighted by molar-refractivity contribution is -0.122. The maximum Gasteiger partial charge on any atom is 0.335 e. The fraction of sp³-hybridized carbons (Fsp3) is 0.571. The van der Waals surface area contributed by atoms with Crippen LogP contribution in [-0.2, 0) is 9.59 Å². The summed E-state index contributed by atoms with van der Waals surface area (Å²) in [5, 5.41) is 11.4. The van der Waals surface area contributed by atoms with E-state index in [2.05, 4.69) is 5.32 Å². The standard InChI is InChI=1S/C21H31NO5/c23-16-15-22-20(24)10-8-6-4-2-1-3-5-7-9-17-27-19-13-11-18(12-14-19)21(25)26/h11-14,16H,1-10,15,17H2,(H,22,24)(H,25,26). The normalized spacial score (nSPS) is 10.4. The second-order valence-corrected chi connectivity index (χ2v) is 6.58. The Morgan fingerprint density at radius 3 is 2.00 bits per heavy atom. The number of hydrogen-bond donors (Lipinski definition) is 2. The Kier molecular flexibility index (Phi) is 12.4. The average molecular weight is 377 g/mol. The quantitative estimate of drug-likeness (QED) is 0.336. The molecule has 1 rings (SSSR count). The van der Waals surface area contributed by atoms with E-state index in [9.17, 15) is 14.4 Å². The molecule has 0 aliphatic carbocycles. The molecular weight excluding hydrogens is 346 g/mol. The fourth-order valence-corrected chi connectivity index (χ4v) is 2.75. The lowest BCUT2D eigenvalue weighted by Gasteiger charge is -2.06. The molecule has 2 N–H and O–H groups in total. The zero-order valence-electron chi connectivity index (χ0n) is 16.0. The van der Waals surface area contributed by atoms with E-state index in [1.807, 2.05) is 0 Å². The maximum atomic E-state index is 11.3. The summed E-state index contributed by atoms with van der Waals surface area (Å²) in [6.45, 7) is 0.763. The molecule has 0 saturated carbocycles. The van der Waals surface area contributed by atoms with Crippen LogP contribution in [0.15, 0.2) is 24.3 Å². The summed E-state index contributed by atoms with van der Waals surface area (Å²) >= 11 is 0. The summed E-state index contributed by atoms with van der Waals surface area (Å²) in [5.41, 5.74) is 0.267. The molecule has 0 bridgehead atoms. The van der Waals surface area contributed by atoms with Crippen LogP contribution in [-0.4, -0.2) is 36.4 Å². The van der Waals surface area contributed by atoms with E-state index in [4.69, 9.17) is 9.84 Å². The van der Waals surface area contributed by atoms with Crippen molar-refractivity contribution in [2.75, 3.05) is 13.2 Å². The molecule has 0 radical (unpaired) electrons. The first kappa shape index (κ1) is 22.7. The molecule has 1 aromatic carbocycles. The van der Waals surface area contributed by atoms with E-state index in [0.717, 1.165) is 32.1 Å². The van der Waals surface area contributed by atoms with E-state index < -0.39 is 5.97 Å². The van der Waals surface area contributed by atoms with Crippen molar-refractivity contribution < 1.29 is 24.2 Å². The molecule has 0 atom stereocenters. The molecule has 0 heterocycles. The van der Waals surface area contributed by atoms with Crippen LogP contribution in [0.1, 0.15) is 74.6 Å². The van der Waals surface area contributed by atoms with Gasteiger partial charge in [0.05, 0.1) is 18.7 Å². The zero-order valence-corrected chi connectivity index (χ0v) is 16.0. The lowest BCUT2D eigenvalue weighted by atomic mass is 10.1. The average Bonchev–Trinajstić information content (AvgIpc) is 2.67. The van der Waals surface area contributed by atoms with Gasteiger partial charge in [0.25, 0.3) is 0 Å². The third kappa shape index (κ3) is 11.8. The van der Waals surface area contributed by atoms with Crippen LogP contribution in [0.25, 0.3) is 0 Å². The number of hydrogen-bond acceptors (Lipinski definition) is 4. The van der Waals surface area contributed by atoms with E-state index in [1.165, 1.54) is 25.7 Å². The number of carboxylic acid groups (broad SMARTS) is 1. The molecule has 0 fully saturated rings. The molecule has 0 aromatic heterocycles. The second kappa shape index (κ2) is 14.8. The van der Waals surface area contributed by atoms with Crippen LogP contribution < -0.4 is 10.1 Å². The molecule has 0 aliphatic rings. The highest BCUT2D eigenvalue weighted by atomic mass is 16.5. The van der Waals surface area contributed by atoms with Gasteiger partial charge in [0.15, 0.2) is 0 Å². The van der Waals surface area contributed by atoms with E-state index in [-0.39, 0.29) is 18.0 Å². The van der Waals surface area contributed by atoms with E-state index >= 15 is 0 Å². The first-order valence-corrected chi connectivity index (χ1v) is 9.80. The Balaban J connectivity index is 1.87. The summed E-state index contributed by atoms with van der Waals surface area (Å²) in [6.07, 6.45) is 11.2. The van der Waals surface area contributed by atoms with Crippen molar-refractivity contribution in [2.24, 2.45) is 0 Å². The molecule has 1 aromatic rings. The molecule has 0 saturated heterocycles. The van der Waals surface area contributed by atoms with Crippen LogP contribution in [0.3, 0.4) is 0 Å². The third-order valence-corrected chi connectivity index (χ3v) is 4.30. The number of nitrogens with one attached hydrogen (secondary N) is 1. The molecule has 6 heteroatoms. The number of aldehydes is 1. The molecule has 0 aliphatic heterocycles. The van der Waals surface area contributed by atoms with Gasteiger partial charge in [-0.1, -0.05) is 44.9 Å². The van der Waals surface area contributed by atoms with Crippen LogP contribution in [0.2, 0.25) is 0 Å². The number of carbonyl (C=O) groups is 3. The summed E-state index contributed by atoms with van der Waals surface area (Å²) in [5.74, 6) is -0.261. The van der Waals surface area contributed by atoms with Crippen molar-refractivity contribution >= 4 is 18.2 Å². The Morgan fingerprint density at radius 2 is 1.44 bits per heavy atom. The number of amides is 1. The van der Waals surface area contributed by atoms with Crippen molar-refractivity contribution in [3.8, 4) is 5.75 Å². The Morgan fingerprint density at radius 1 is 0.889 bits per heavy atom. The van der Waals surface area contributed by atoms with Gasteiger partial charge >= 0.3 is 5.97 Å². The summed E-state index contributed by atoms with van der Waals surface area (Å²) in [4.78, 5) is 32.2. The number of benzene rings is 1. The van der Waals surface area contributed by atoms with Gasteiger partial charge in [-0.3, -0.25) is 4.79 Å². The minimum atomic E-state index is -0.929. The number of unbranched alkanes of at least 4 members (excludes halogenated alkanes) is 8. The van der Waals surface area contributed by atoms with Crippen LogP contribution in [0.4, 0.5) is 0 Å². The SMILES string of the molecule is O=CCNC(=O)CCCCCCCCCCCOc1ccc(C(=O)O)cc1. The highest BCUT2D eigenvalue weighted by Crippen LogP contribution is 2.14. The van der Waals surface area contributed by atoms with Gasteiger partial charge in [0.2, 0.25) is 5.91 Å². The summed E-state index contributed by atoms with van der Waals surface area (Å²) in [6, 6.07) is 6.48. The van der Waals surface area contributed by atoms with Crippen molar-refractivity contribution in [1.29, 1.82) is 0 Å². The van der Waals surface area contributed by atoms with Crippen LogP contribution >= 0.6 is 0 Å². The number of ether oxygens (including phenoxy) is 1. The van der Waals surface area contributed by atoms with E-state index in [0.29, 0.717) is 25.1 Å². The van der Waals surface area contributed by atoms with Gasteiger partial charge in [-0.15, -0.1) is 0 Å². The third-order valence-electron chi connectivity index (χ3n) is 4.30. The smallest absolute Gasteiger partial charge is 0.335 e. The van der Waals surface area contributed by atoms with Gasteiger partial charge in [-0.05, 0) is 37.1 Å². The Hall–Kier alpha value is -2.37. The van der Waals surface area contributed by atoms with Crippen molar-refractivity contribution in [3.05, 3.63) is 29.8 Å². The maximum absolute atomic E-state index is 11.3. The topological polar surface area (TPSA) is 92.7 Å². The molecule has 27 heavy (non-hydrogen) atoms. The molecule has 0 spiro atoms. The first-order chi connectivity index (χ1) is 13.1.